The van der Waals surface area contributed by atoms with Crippen LogP contribution in [0.5, 0.6) is 0 Å². The van der Waals surface area contributed by atoms with E-state index in [4.69, 9.17) is 0 Å². The number of rotatable bonds is 8. The Morgan fingerprint density at radius 3 is 1.06 bits per heavy atom. The van der Waals surface area contributed by atoms with Crippen molar-refractivity contribution < 1.29 is 0 Å². The lowest BCUT2D eigenvalue weighted by Gasteiger charge is -2.31. The Kier molecular flexibility index (Phi) is 8.91. The van der Waals surface area contributed by atoms with Crippen LogP contribution in [0.1, 0.15) is 0 Å². The van der Waals surface area contributed by atoms with Gasteiger partial charge in [0.05, 0.1) is 22.7 Å². The lowest BCUT2D eigenvalue weighted by atomic mass is 9.93. The van der Waals surface area contributed by atoms with E-state index < -0.39 is 0 Å². The molecule has 0 spiro atoms. The van der Waals surface area contributed by atoms with Gasteiger partial charge in [0.2, 0.25) is 0 Å². The molecule has 2 aromatic heterocycles. The summed E-state index contributed by atoms with van der Waals surface area (Å²) in [5, 5.41) is 7.41. The number of nitrogens with zero attached hydrogens (tertiary/aromatic N) is 2. The molecular formula is C58H38N2S2. The maximum atomic E-state index is 2.49. The van der Waals surface area contributed by atoms with Gasteiger partial charge in [0, 0.05) is 62.8 Å². The monoisotopic (exact) mass is 826 g/mol. The van der Waals surface area contributed by atoms with E-state index in [9.17, 15) is 0 Å². The second-order valence-corrected chi connectivity index (χ2v) is 17.8. The summed E-state index contributed by atoms with van der Waals surface area (Å²) in [6.45, 7) is 0. The van der Waals surface area contributed by atoms with Crippen molar-refractivity contribution in [1.82, 2.24) is 0 Å². The van der Waals surface area contributed by atoms with Crippen LogP contribution in [0.4, 0.5) is 34.1 Å². The van der Waals surface area contributed by atoms with Crippen molar-refractivity contribution in [3.05, 3.63) is 231 Å². The first kappa shape index (κ1) is 36.4. The molecule has 10 aromatic carbocycles. The molecule has 0 bridgehead atoms. The van der Waals surface area contributed by atoms with Crippen LogP contribution in [-0.2, 0) is 0 Å². The summed E-state index contributed by atoms with van der Waals surface area (Å²) in [4.78, 5) is 4.97. The molecule has 2 heterocycles. The Morgan fingerprint density at radius 1 is 0.274 bits per heavy atom. The Labute approximate surface area is 368 Å². The van der Waals surface area contributed by atoms with Crippen LogP contribution in [0.2, 0.25) is 0 Å². The minimum atomic E-state index is 1.11. The fraction of sp³-hybridized carbons (Fsp3) is 0. The molecule has 292 valence electrons. The Bertz CT molecular complexity index is 3340. The SMILES string of the molecule is c1ccc(-c2cc3cc(-c4ccccc4)c(N(c4ccccc4)c4cccc5sc6ccccc6c45)cc3cc2N(c2ccccc2)c2cccc3sc4ccccc4c23)cc1. The summed E-state index contributed by atoms with van der Waals surface area (Å²) in [5.74, 6) is 0. The number of hydrogen-bond acceptors (Lipinski definition) is 4. The van der Waals surface area contributed by atoms with Crippen LogP contribution < -0.4 is 9.80 Å². The molecule has 12 rings (SSSR count). The fourth-order valence-corrected chi connectivity index (χ4v) is 11.5. The summed E-state index contributed by atoms with van der Waals surface area (Å²) < 4.78 is 5.12. The second kappa shape index (κ2) is 15.2. The van der Waals surface area contributed by atoms with E-state index in [1.165, 1.54) is 68.0 Å². The predicted molar refractivity (Wildman–Crippen MR) is 270 cm³/mol. The van der Waals surface area contributed by atoms with Crippen LogP contribution in [0, 0.1) is 0 Å². The largest absolute Gasteiger partial charge is 0.309 e. The highest BCUT2D eigenvalue weighted by Gasteiger charge is 2.25. The molecule has 0 unspecified atom stereocenters. The normalized spacial score (nSPS) is 11.5. The van der Waals surface area contributed by atoms with Crippen molar-refractivity contribution in [3.63, 3.8) is 0 Å². The van der Waals surface area contributed by atoms with Gasteiger partial charge in [0.1, 0.15) is 0 Å². The lowest BCUT2D eigenvalue weighted by Crippen LogP contribution is -2.13. The first-order valence-corrected chi connectivity index (χ1v) is 22.6. The summed E-state index contributed by atoms with van der Waals surface area (Å²) in [6, 6.07) is 84.3. The van der Waals surface area contributed by atoms with Crippen molar-refractivity contribution in [2.45, 2.75) is 0 Å². The van der Waals surface area contributed by atoms with Gasteiger partial charge < -0.3 is 9.80 Å². The molecule has 0 atom stereocenters. The molecule has 0 fully saturated rings. The van der Waals surface area contributed by atoms with Crippen molar-refractivity contribution in [3.8, 4) is 22.3 Å². The number of hydrogen-bond donors (Lipinski definition) is 0. The van der Waals surface area contributed by atoms with E-state index in [1.54, 1.807) is 0 Å². The summed E-state index contributed by atoms with van der Waals surface area (Å²) in [5.41, 5.74) is 11.4. The molecule has 0 saturated carbocycles. The Morgan fingerprint density at radius 2 is 0.629 bits per heavy atom. The minimum Gasteiger partial charge on any atom is -0.309 e. The lowest BCUT2D eigenvalue weighted by molar-refractivity contribution is 1.30. The minimum absolute atomic E-state index is 1.11. The second-order valence-electron chi connectivity index (χ2n) is 15.7. The van der Waals surface area contributed by atoms with Crippen LogP contribution in [0.25, 0.3) is 73.4 Å². The van der Waals surface area contributed by atoms with Crippen LogP contribution in [-0.4, -0.2) is 0 Å². The van der Waals surface area contributed by atoms with Gasteiger partial charge in [0.15, 0.2) is 0 Å². The van der Waals surface area contributed by atoms with Crippen molar-refractivity contribution >= 4 is 108 Å². The highest BCUT2D eigenvalue weighted by molar-refractivity contribution is 7.26. The van der Waals surface area contributed by atoms with Gasteiger partial charge in [-0.05, 0) is 107 Å². The highest BCUT2D eigenvalue weighted by Crippen LogP contribution is 2.51. The molecule has 0 amide bonds. The quantitative estimate of drug-likeness (QED) is 0.151. The fourth-order valence-electron chi connectivity index (χ4n) is 9.25. The smallest absolute Gasteiger partial charge is 0.0555 e. The zero-order chi connectivity index (χ0) is 41.0. The maximum absolute atomic E-state index is 2.49. The van der Waals surface area contributed by atoms with E-state index in [-0.39, 0.29) is 0 Å². The number of para-hydroxylation sites is 2. The number of fused-ring (bicyclic) bond motifs is 7. The zero-order valence-electron chi connectivity index (χ0n) is 33.7. The molecule has 62 heavy (non-hydrogen) atoms. The topological polar surface area (TPSA) is 6.48 Å². The van der Waals surface area contributed by atoms with Gasteiger partial charge in [-0.1, -0.05) is 146 Å². The number of benzene rings is 10. The summed E-state index contributed by atoms with van der Waals surface area (Å²) >= 11 is 3.72. The molecule has 0 aliphatic heterocycles. The van der Waals surface area contributed by atoms with Crippen molar-refractivity contribution in [1.29, 1.82) is 0 Å². The molecular weight excluding hydrogens is 789 g/mol. The number of thiophene rings is 2. The average molecular weight is 827 g/mol. The number of anilines is 6. The molecule has 0 N–H and O–H groups in total. The van der Waals surface area contributed by atoms with E-state index in [0.717, 1.165) is 39.5 Å². The van der Waals surface area contributed by atoms with Gasteiger partial charge >= 0.3 is 0 Å². The van der Waals surface area contributed by atoms with Crippen molar-refractivity contribution in [2.24, 2.45) is 0 Å². The third-order valence-corrected chi connectivity index (χ3v) is 14.3. The van der Waals surface area contributed by atoms with Gasteiger partial charge in [0.25, 0.3) is 0 Å². The maximum Gasteiger partial charge on any atom is 0.0555 e. The van der Waals surface area contributed by atoms with Crippen LogP contribution in [0.3, 0.4) is 0 Å². The Hall–Kier alpha value is -7.50. The molecule has 0 saturated heterocycles. The molecule has 4 heteroatoms. The molecule has 2 nitrogen and oxygen atoms in total. The summed E-state index contributed by atoms with van der Waals surface area (Å²) in [6.07, 6.45) is 0. The van der Waals surface area contributed by atoms with Gasteiger partial charge in [-0.25, -0.2) is 0 Å². The molecule has 0 aliphatic carbocycles. The van der Waals surface area contributed by atoms with E-state index in [1.807, 2.05) is 22.7 Å². The van der Waals surface area contributed by atoms with Gasteiger partial charge in [-0.3, -0.25) is 0 Å². The van der Waals surface area contributed by atoms with Crippen molar-refractivity contribution in [2.75, 3.05) is 9.80 Å². The standard InChI is InChI=1S/C58H38N2S2/c1-5-19-39(20-6-1)47-35-41-36-48(40-21-7-2-8-22-40)52(60(44-25-11-4-12-26-44)50-30-18-34-56-58(50)46-28-14-16-32-54(46)62-56)38-42(41)37-51(47)59(43-23-9-3-10-24-43)49-29-17-33-55-57(49)45-27-13-15-31-53(45)61-55/h1-38H. The molecule has 0 aliphatic rings. The summed E-state index contributed by atoms with van der Waals surface area (Å²) in [7, 11) is 0. The van der Waals surface area contributed by atoms with Gasteiger partial charge in [-0.15, -0.1) is 22.7 Å². The van der Waals surface area contributed by atoms with E-state index >= 15 is 0 Å². The zero-order valence-corrected chi connectivity index (χ0v) is 35.3. The molecule has 12 aromatic rings. The molecule has 0 radical (unpaired) electrons. The average Bonchev–Trinajstić information content (AvgIpc) is 3.92. The van der Waals surface area contributed by atoms with Gasteiger partial charge in [-0.2, -0.15) is 0 Å². The van der Waals surface area contributed by atoms with E-state index in [2.05, 4.69) is 240 Å². The third-order valence-electron chi connectivity index (χ3n) is 12.0. The van der Waals surface area contributed by atoms with E-state index in [0.29, 0.717) is 0 Å². The third kappa shape index (κ3) is 6.15. The van der Waals surface area contributed by atoms with Crippen LogP contribution in [0.15, 0.2) is 231 Å². The first-order valence-electron chi connectivity index (χ1n) is 21.0. The highest BCUT2D eigenvalue weighted by atomic mass is 32.1. The Balaban J connectivity index is 1.19. The first-order chi connectivity index (χ1) is 30.8. The predicted octanol–water partition coefficient (Wildman–Crippen LogP) is 17.8. The van der Waals surface area contributed by atoms with Crippen LogP contribution >= 0.6 is 22.7 Å².